The number of aromatic nitrogens is 2. The Bertz CT molecular complexity index is 1320. The van der Waals surface area contributed by atoms with Gasteiger partial charge in [-0.25, -0.2) is 8.42 Å². The second-order valence-electron chi connectivity index (χ2n) is 8.82. The summed E-state index contributed by atoms with van der Waals surface area (Å²) in [5, 5.41) is 6.94. The maximum absolute atomic E-state index is 13.6. The number of aryl methyl sites for hydroxylation is 3. The van der Waals surface area contributed by atoms with Gasteiger partial charge in [-0.1, -0.05) is 31.2 Å². The van der Waals surface area contributed by atoms with Crippen molar-refractivity contribution in [1.29, 1.82) is 0 Å². The number of sulfonamides is 1. The average molecular weight is 496 g/mol. The molecule has 0 unspecified atom stereocenters. The van der Waals surface area contributed by atoms with Crippen LogP contribution in [-0.4, -0.2) is 54.6 Å². The van der Waals surface area contributed by atoms with E-state index in [0.717, 1.165) is 17.7 Å². The highest BCUT2D eigenvalue weighted by atomic mass is 32.2. The zero-order chi connectivity index (χ0) is 25.2. The van der Waals surface area contributed by atoms with Gasteiger partial charge in [0.1, 0.15) is 0 Å². The minimum Gasteiger partial charge on any atom is -0.369 e. The van der Waals surface area contributed by atoms with Crippen molar-refractivity contribution in [3.63, 3.8) is 0 Å². The van der Waals surface area contributed by atoms with Crippen molar-refractivity contribution < 1.29 is 13.2 Å². The molecule has 1 fully saturated rings. The molecule has 1 N–H and O–H groups in total. The maximum Gasteiger partial charge on any atom is 0.263 e. The third kappa shape index (κ3) is 5.11. The number of piperazine rings is 1. The summed E-state index contributed by atoms with van der Waals surface area (Å²) in [6, 6.07) is 13.7. The molecule has 0 radical (unpaired) electrons. The van der Waals surface area contributed by atoms with Crippen LogP contribution in [0.4, 0.5) is 11.4 Å². The normalized spacial score (nSPS) is 14.8. The van der Waals surface area contributed by atoms with Crippen molar-refractivity contribution in [1.82, 2.24) is 14.1 Å². The number of rotatable bonds is 7. The SMILES string of the molecule is CCc1cccc(NC(=O)c2cn(CC)nc2S(=O)(=O)N2CCN(c3cccc(C)c3C)CC2)c1. The van der Waals surface area contributed by atoms with Gasteiger partial charge in [-0.2, -0.15) is 9.40 Å². The van der Waals surface area contributed by atoms with Crippen LogP contribution >= 0.6 is 0 Å². The average Bonchev–Trinajstić information content (AvgIpc) is 3.32. The molecule has 1 saturated heterocycles. The van der Waals surface area contributed by atoms with E-state index in [2.05, 4.69) is 41.3 Å². The van der Waals surface area contributed by atoms with Gasteiger partial charge < -0.3 is 10.2 Å². The molecular formula is C26H33N5O3S. The molecule has 0 spiro atoms. The number of benzene rings is 2. The molecule has 186 valence electrons. The van der Waals surface area contributed by atoms with Crippen LogP contribution in [-0.2, 0) is 23.0 Å². The van der Waals surface area contributed by atoms with Gasteiger partial charge >= 0.3 is 0 Å². The van der Waals surface area contributed by atoms with Crippen LogP contribution < -0.4 is 10.2 Å². The topological polar surface area (TPSA) is 87.5 Å². The van der Waals surface area contributed by atoms with Crippen molar-refractivity contribution in [3.8, 4) is 0 Å². The van der Waals surface area contributed by atoms with E-state index in [-0.39, 0.29) is 10.6 Å². The minimum absolute atomic E-state index is 0.0608. The summed E-state index contributed by atoms with van der Waals surface area (Å²) in [4.78, 5) is 15.4. The number of carbonyl (C=O) groups excluding carboxylic acids is 1. The fraction of sp³-hybridized carbons (Fsp3) is 0.385. The number of nitrogens with zero attached hydrogens (tertiary/aromatic N) is 4. The van der Waals surface area contributed by atoms with E-state index in [0.29, 0.717) is 38.4 Å². The molecule has 2 heterocycles. The lowest BCUT2D eigenvalue weighted by Crippen LogP contribution is -2.49. The fourth-order valence-corrected chi connectivity index (χ4v) is 5.87. The summed E-state index contributed by atoms with van der Waals surface area (Å²) in [5.41, 5.74) is 5.32. The lowest BCUT2D eigenvalue weighted by Gasteiger charge is -2.36. The second kappa shape index (κ2) is 10.2. The van der Waals surface area contributed by atoms with Crippen LogP contribution in [0.3, 0.4) is 0 Å². The van der Waals surface area contributed by atoms with Gasteiger partial charge in [-0.3, -0.25) is 9.48 Å². The summed E-state index contributed by atoms with van der Waals surface area (Å²) >= 11 is 0. The van der Waals surface area contributed by atoms with Gasteiger partial charge in [0.05, 0.1) is 5.56 Å². The Balaban J connectivity index is 1.55. The second-order valence-corrected chi connectivity index (χ2v) is 10.7. The molecule has 0 saturated carbocycles. The van der Waals surface area contributed by atoms with Crippen LogP contribution in [0, 0.1) is 13.8 Å². The smallest absolute Gasteiger partial charge is 0.263 e. The van der Waals surface area contributed by atoms with Crippen molar-refractivity contribution in [2.75, 3.05) is 36.4 Å². The Labute approximate surface area is 207 Å². The third-order valence-electron chi connectivity index (χ3n) is 6.63. The van der Waals surface area contributed by atoms with E-state index in [9.17, 15) is 13.2 Å². The standard InChI is InChI=1S/C26H33N5O3S/c1-5-21-10-8-11-22(17-21)27-25(32)23-18-30(6-2)28-26(23)35(33,34)31-15-13-29(14-16-31)24-12-7-9-19(3)20(24)4/h7-12,17-18H,5-6,13-16H2,1-4H3,(H,27,32). The summed E-state index contributed by atoms with van der Waals surface area (Å²) in [7, 11) is -3.94. The molecule has 1 aromatic heterocycles. The molecule has 0 atom stereocenters. The summed E-state index contributed by atoms with van der Waals surface area (Å²) in [6.45, 7) is 10.3. The van der Waals surface area contributed by atoms with Gasteiger partial charge in [0.15, 0.2) is 0 Å². The van der Waals surface area contributed by atoms with Gasteiger partial charge in [-0.05, 0) is 62.1 Å². The Kier molecular flexibility index (Phi) is 7.28. The molecule has 9 heteroatoms. The first-order valence-electron chi connectivity index (χ1n) is 12.0. The maximum atomic E-state index is 13.6. The number of carbonyl (C=O) groups is 1. The first-order valence-corrected chi connectivity index (χ1v) is 13.5. The molecule has 0 aliphatic carbocycles. The third-order valence-corrected chi connectivity index (χ3v) is 8.46. The number of hydrogen-bond donors (Lipinski definition) is 1. The lowest BCUT2D eigenvalue weighted by molar-refractivity contribution is 0.102. The van der Waals surface area contributed by atoms with Crippen LogP contribution in [0.1, 0.15) is 40.9 Å². The molecule has 1 aliphatic heterocycles. The van der Waals surface area contributed by atoms with Gasteiger partial charge in [0.2, 0.25) is 5.03 Å². The quantitative estimate of drug-likeness (QED) is 0.538. The minimum atomic E-state index is -3.94. The molecule has 0 bridgehead atoms. The molecule has 35 heavy (non-hydrogen) atoms. The number of nitrogens with one attached hydrogen (secondary N) is 1. The molecule has 1 amide bonds. The Morgan fingerprint density at radius 2 is 1.74 bits per heavy atom. The molecule has 1 aliphatic rings. The number of hydrogen-bond acceptors (Lipinski definition) is 5. The molecular weight excluding hydrogens is 462 g/mol. The lowest BCUT2D eigenvalue weighted by atomic mass is 10.1. The van der Waals surface area contributed by atoms with Crippen LogP contribution in [0.2, 0.25) is 0 Å². The number of anilines is 2. The summed E-state index contributed by atoms with van der Waals surface area (Å²) < 4.78 is 30.2. The van der Waals surface area contributed by atoms with Gasteiger partial charge in [-0.15, -0.1) is 0 Å². The highest BCUT2D eigenvalue weighted by molar-refractivity contribution is 7.89. The molecule has 2 aromatic carbocycles. The van der Waals surface area contributed by atoms with Crippen molar-refractivity contribution in [2.24, 2.45) is 0 Å². The first-order chi connectivity index (χ1) is 16.7. The van der Waals surface area contributed by atoms with Crippen LogP contribution in [0.5, 0.6) is 0 Å². The Hall–Kier alpha value is -3.17. The van der Waals surface area contributed by atoms with E-state index in [1.807, 2.05) is 38.1 Å². The zero-order valence-electron chi connectivity index (χ0n) is 20.8. The largest absolute Gasteiger partial charge is 0.369 e. The molecule has 3 aromatic rings. The number of amides is 1. The van der Waals surface area contributed by atoms with Gasteiger partial charge in [0.25, 0.3) is 15.9 Å². The zero-order valence-corrected chi connectivity index (χ0v) is 21.6. The molecule has 8 nitrogen and oxygen atoms in total. The first kappa shape index (κ1) is 24.9. The monoisotopic (exact) mass is 495 g/mol. The van der Waals surface area contributed by atoms with E-state index >= 15 is 0 Å². The van der Waals surface area contributed by atoms with E-state index in [4.69, 9.17) is 0 Å². The fourth-order valence-electron chi connectivity index (χ4n) is 4.35. The Morgan fingerprint density at radius 1 is 1.03 bits per heavy atom. The van der Waals surface area contributed by atoms with Crippen LogP contribution in [0.15, 0.2) is 53.7 Å². The van der Waals surface area contributed by atoms with E-state index in [1.54, 1.807) is 6.07 Å². The van der Waals surface area contributed by atoms with E-state index in [1.165, 1.54) is 26.3 Å². The Morgan fingerprint density at radius 3 is 2.43 bits per heavy atom. The summed E-state index contributed by atoms with van der Waals surface area (Å²) in [5.74, 6) is -0.481. The van der Waals surface area contributed by atoms with Crippen molar-refractivity contribution in [2.45, 2.75) is 45.7 Å². The highest BCUT2D eigenvalue weighted by Crippen LogP contribution is 2.26. The predicted molar refractivity (Wildman–Crippen MR) is 139 cm³/mol. The van der Waals surface area contributed by atoms with Crippen molar-refractivity contribution >= 4 is 27.3 Å². The highest BCUT2D eigenvalue weighted by Gasteiger charge is 2.35. The van der Waals surface area contributed by atoms with Crippen LogP contribution in [0.25, 0.3) is 0 Å². The summed E-state index contributed by atoms with van der Waals surface area (Å²) in [6.07, 6.45) is 2.35. The van der Waals surface area contributed by atoms with Crippen molar-refractivity contribution in [3.05, 3.63) is 70.9 Å². The predicted octanol–water partition coefficient (Wildman–Crippen LogP) is 3.85. The molecule has 4 rings (SSSR count). The van der Waals surface area contributed by atoms with E-state index < -0.39 is 15.9 Å². The van der Waals surface area contributed by atoms with Gasteiger partial charge in [0, 0.05) is 50.3 Å².